The van der Waals surface area contributed by atoms with E-state index in [4.69, 9.17) is 9.57 Å². The van der Waals surface area contributed by atoms with Crippen molar-refractivity contribution in [2.45, 2.75) is 31.5 Å². The maximum Gasteiger partial charge on any atom is 0.527 e. The average molecular weight is 447 g/mol. The number of carboxylic acid groups (broad SMARTS) is 1. The lowest BCUT2D eigenvalue weighted by Gasteiger charge is -2.28. The van der Waals surface area contributed by atoms with E-state index < -0.39 is 24.3 Å². The molecular weight excluding hydrogens is 422 g/mol. The smallest absolute Gasteiger partial charge is 0.480 e. The number of carbonyl (C=O) groups is 2. The third-order valence-corrected chi connectivity index (χ3v) is 5.72. The number of hydroxylamine groups is 2. The molecule has 0 saturated heterocycles. The van der Waals surface area contributed by atoms with Crippen molar-refractivity contribution in [1.82, 2.24) is 5.06 Å². The van der Waals surface area contributed by atoms with Crippen LogP contribution in [-0.4, -0.2) is 46.2 Å². The number of aliphatic hydroxyl groups is 1. The molecule has 2 N–H and O–H groups in total. The molecule has 170 valence electrons. The van der Waals surface area contributed by atoms with Crippen molar-refractivity contribution in [3.05, 3.63) is 95.6 Å². The van der Waals surface area contributed by atoms with Gasteiger partial charge in [0.25, 0.3) is 0 Å². The van der Waals surface area contributed by atoms with E-state index >= 15 is 0 Å². The average Bonchev–Trinajstić information content (AvgIpc) is 3.11. The molecule has 0 unspecified atom stereocenters. The van der Waals surface area contributed by atoms with Crippen molar-refractivity contribution >= 4 is 12.1 Å². The van der Waals surface area contributed by atoms with Gasteiger partial charge in [0.1, 0.15) is 6.61 Å². The largest absolute Gasteiger partial charge is 0.527 e. The van der Waals surface area contributed by atoms with Gasteiger partial charge in [-0.25, -0.2) is 4.79 Å². The van der Waals surface area contributed by atoms with Crippen LogP contribution in [0.3, 0.4) is 0 Å². The molecule has 7 nitrogen and oxygen atoms in total. The summed E-state index contributed by atoms with van der Waals surface area (Å²) in [5.74, 6) is -1.47. The second kappa shape index (κ2) is 9.85. The SMILES string of the molecule is C[C@H](O)[C@H](C(=O)O)N(Cc1ccccc1)OC(=O)OCC1c2ccccc2-c2ccccc21. The van der Waals surface area contributed by atoms with Gasteiger partial charge in [-0.3, -0.25) is 4.79 Å². The molecule has 0 fully saturated rings. The Hall–Kier alpha value is -3.68. The summed E-state index contributed by atoms with van der Waals surface area (Å²) in [5, 5.41) is 20.5. The molecular formula is C26H25NO6. The van der Waals surface area contributed by atoms with Crippen molar-refractivity contribution < 1.29 is 29.4 Å². The molecule has 0 spiro atoms. The van der Waals surface area contributed by atoms with Crippen molar-refractivity contribution in [2.75, 3.05) is 6.61 Å². The molecule has 7 heteroatoms. The number of aliphatic hydroxyl groups excluding tert-OH is 1. The Balaban J connectivity index is 1.49. The lowest BCUT2D eigenvalue weighted by atomic mass is 9.98. The van der Waals surface area contributed by atoms with Gasteiger partial charge in [0.05, 0.1) is 12.6 Å². The summed E-state index contributed by atoms with van der Waals surface area (Å²) in [6.45, 7) is 1.35. The van der Waals surface area contributed by atoms with Gasteiger partial charge in [-0.1, -0.05) is 78.9 Å². The van der Waals surface area contributed by atoms with Crippen molar-refractivity contribution in [3.63, 3.8) is 0 Å². The molecule has 33 heavy (non-hydrogen) atoms. The van der Waals surface area contributed by atoms with Crippen molar-refractivity contribution in [2.24, 2.45) is 0 Å². The summed E-state index contributed by atoms with van der Waals surface area (Å²) < 4.78 is 5.44. The van der Waals surface area contributed by atoms with Crippen LogP contribution in [0.5, 0.6) is 0 Å². The predicted octanol–water partition coefficient (Wildman–Crippen LogP) is 4.20. The van der Waals surface area contributed by atoms with Crippen LogP contribution in [0.25, 0.3) is 11.1 Å². The zero-order chi connectivity index (χ0) is 23.4. The lowest BCUT2D eigenvalue weighted by Crippen LogP contribution is -2.48. The summed E-state index contributed by atoms with van der Waals surface area (Å²) >= 11 is 0. The summed E-state index contributed by atoms with van der Waals surface area (Å²) in [5.41, 5.74) is 5.03. The normalized spacial score (nSPS) is 14.3. The standard InChI is InChI=1S/C26H25NO6/c1-17(28)24(25(29)30)27(15-18-9-3-2-4-10-18)33-26(31)32-16-23-21-13-7-5-11-19(21)20-12-6-8-14-22(20)23/h2-14,17,23-24,28H,15-16H2,1H3,(H,29,30)/t17-,24+/m0/s1. The molecule has 0 aliphatic heterocycles. The van der Waals surface area contributed by atoms with E-state index in [1.807, 2.05) is 54.6 Å². The van der Waals surface area contributed by atoms with E-state index in [1.165, 1.54) is 6.92 Å². The Labute approximate surface area is 191 Å². The number of hydrogen-bond donors (Lipinski definition) is 2. The monoisotopic (exact) mass is 447 g/mol. The minimum absolute atomic E-state index is 0.0209. The van der Waals surface area contributed by atoms with Crippen LogP contribution in [0.4, 0.5) is 4.79 Å². The minimum atomic E-state index is -1.45. The zero-order valence-electron chi connectivity index (χ0n) is 18.1. The number of aliphatic carboxylic acids is 1. The third kappa shape index (κ3) is 4.89. The fourth-order valence-corrected chi connectivity index (χ4v) is 4.23. The fourth-order valence-electron chi connectivity index (χ4n) is 4.23. The van der Waals surface area contributed by atoms with Crippen LogP contribution in [0.2, 0.25) is 0 Å². The molecule has 1 aliphatic carbocycles. The number of carbonyl (C=O) groups excluding carboxylic acids is 1. The van der Waals surface area contributed by atoms with E-state index in [0.717, 1.165) is 32.9 Å². The Bertz CT molecular complexity index is 1080. The summed E-state index contributed by atoms with van der Waals surface area (Å²) in [6, 6.07) is 23.4. The first-order valence-electron chi connectivity index (χ1n) is 10.7. The van der Waals surface area contributed by atoms with Crippen LogP contribution in [0.15, 0.2) is 78.9 Å². The second-order valence-corrected chi connectivity index (χ2v) is 7.96. The molecule has 0 amide bonds. The number of benzene rings is 3. The first-order valence-corrected chi connectivity index (χ1v) is 10.7. The van der Waals surface area contributed by atoms with Crippen LogP contribution in [0, 0.1) is 0 Å². The molecule has 4 rings (SSSR count). The van der Waals surface area contributed by atoms with Gasteiger partial charge < -0.3 is 19.8 Å². The zero-order valence-corrected chi connectivity index (χ0v) is 18.1. The van der Waals surface area contributed by atoms with Gasteiger partial charge in [-0.2, -0.15) is 0 Å². The van der Waals surface area contributed by atoms with Crippen molar-refractivity contribution in [3.8, 4) is 11.1 Å². The highest BCUT2D eigenvalue weighted by atomic mass is 16.8. The topological polar surface area (TPSA) is 96.3 Å². The van der Waals surface area contributed by atoms with Gasteiger partial charge in [-0.15, -0.1) is 5.06 Å². The minimum Gasteiger partial charge on any atom is -0.480 e. The van der Waals surface area contributed by atoms with E-state index in [-0.39, 0.29) is 19.1 Å². The van der Waals surface area contributed by atoms with Gasteiger partial charge in [0.15, 0.2) is 6.04 Å². The van der Waals surface area contributed by atoms with Gasteiger partial charge >= 0.3 is 12.1 Å². The Kier molecular flexibility index (Phi) is 6.72. The summed E-state index contributed by atoms with van der Waals surface area (Å²) in [7, 11) is 0. The number of rotatable bonds is 8. The molecule has 1 aliphatic rings. The molecule has 0 aromatic heterocycles. The Morgan fingerprint density at radius 1 is 0.909 bits per heavy atom. The lowest BCUT2D eigenvalue weighted by molar-refractivity contribution is -0.195. The van der Waals surface area contributed by atoms with E-state index in [9.17, 15) is 19.8 Å². The summed E-state index contributed by atoms with van der Waals surface area (Å²) in [4.78, 5) is 29.7. The quantitative estimate of drug-likeness (QED) is 0.395. The highest BCUT2D eigenvalue weighted by Crippen LogP contribution is 2.44. The Morgan fingerprint density at radius 3 is 2.00 bits per heavy atom. The van der Waals surface area contributed by atoms with Gasteiger partial charge in [0, 0.05) is 5.92 Å². The second-order valence-electron chi connectivity index (χ2n) is 7.96. The first kappa shape index (κ1) is 22.5. The van der Waals surface area contributed by atoms with Crippen molar-refractivity contribution in [1.29, 1.82) is 0 Å². The third-order valence-electron chi connectivity index (χ3n) is 5.72. The van der Waals surface area contributed by atoms with E-state index in [0.29, 0.717) is 0 Å². The molecule has 0 heterocycles. The number of fused-ring (bicyclic) bond motifs is 3. The highest BCUT2D eigenvalue weighted by molar-refractivity contribution is 5.79. The van der Waals surface area contributed by atoms with E-state index in [2.05, 4.69) is 0 Å². The van der Waals surface area contributed by atoms with Gasteiger partial charge in [0.2, 0.25) is 0 Å². The molecule has 0 saturated carbocycles. The maximum absolute atomic E-state index is 12.6. The molecule has 2 atom stereocenters. The number of hydrogen-bond acceptors (Lipinski definition) is 6. The first-order chi connectivity index (χ1) is 16.0. The number of ether oxygens (including phenoxy) is 1. The number of carboxylic acids is 1. The summed E-state index contributed by atoms with van der Waals surface area (Å²) in [6.07, 6.45) is -2.31. The molecule has 0 radical (unpaired) electrons. The van der Waals surface area contributed by atoms with Crippen LogP contribution < -0.4 is 0 Å². The predicted molar refractivity (Wildman–Crippen MR) is 121 cm³/mol. The van der Waals surface area contributed by atoms with E-state index in [1.54, 1.807) is 24.3 Å². The molecule has 3 aromatic carbocycles. The van der Waals surface area contributed by atoms with Crippen LogP contribution in [-0.2, 0) is 20.9 Å². The highest BCUT2D eigenvalue weighted by Gasteiger charge is 2.35. The number of nitrogens with zero attached hydrogens (tertiary/aromatic N) is 1. The fraction of sp³-hybridized carbons (Fsp3) is 0.231. The molecule has 0 bridgehead atoms. The van der Waals surface area contributed by atoms with Crippen LogP contribution >= 0.6 is 0 Å². The molecule has 3 aromatic rings. The van der Waals surface area contributed by atoms with Gasteiger partial charge in [-0.05, 0) is 34.7 Å². The maximum atomic E-state index is 12.6. The Morgan fingerprint density at radius 2 is 1.45 bits per heavy atom. The van der Waals surface area contributed by atoms with Crippen LogP contribution in [0.1, 0.15) is 29.5 Å².